The van der Waals surface area contributed by atoms with Crippen LogP contribution in [0.1, 0.15) is 5.56 Å². The summed E-state index contributed by atoms with van der Waals surface area (Å²) in [5, 5.41) is 0. The summed E-state index contributed by atoms with van der Waals surface area (Å²) < 4.78 is 4.93. The largest absolute Gasteiger partial charge is 0.435 e. The quantitative estimate of drug-likeness (QED) is 0.729. The van der Waals surface area contributed by atoms with Gasteiger partial charge >= 0.3 is 6.09 Å². The first-order chi connectivity index (χ1) is 7.18. The predicted octanol–water partition coefficient (Wildman–Crippen LogP) is 1.21. The van der Waals surface area contributed by atoms with E-state index < -0.39 is 12.2 Å². The molecule has 0 bridgehead atoms. The van der Waals surface area contributed by atoms with Crippen molar-refractivity contribution in [3.63, 3.8) is 0 Å². The van der Waals surface area contributed by atoms with E-state index in [-0.39, 0.29) is 5.91 Å². The molecule has 1 saturated heterocycles. The molecule has 0 N–H and O–H groups in total. The maximum Gasteiger partial charge on any atom is 0.417 e. The van der Waals surface area contributed by atoms with E-state index in [0.717, 1.165) is 10.5 Å². The Morgan fingerprint density at radius 2 is 1.93 bits per heavy atom. The molecule has 0 radical (unpaired) electrons. The number of imide groups is 1. The number of rotatable bonds is 2. The Labute approximate surface area is 87.4 Å². The third-order valence-corrected chi connectivity index (χ3v) is 2.39. The number of hydrogen-bond donors (Lipinski definition) is 0. The summed E-state index contributed by atoms with van der Waals surface area (Å²) in [5.41, 5.74) is 0.985. The molecule has 1 fully saturated rings. The van der Waals surface area contributed by atoms with E-state index in [1.165, 1.54) is 7.05 Å². The zero-order valence-corrected chi connectivity index (χ0v) is 8.34. The molecule has 4 heteroatoms. The first-order valence-electron chi connectivity index (χ1n) is 4.70. The normalized spacial score (nSPS) is 20.6. The second-order valence-electron chi connectivity index (χ2n) is 3.46. The average molecular weight is 205 g/mol. The van der Waals surface area contributed by atoms with Crippen LogP contribution in [-0.2, 0) is 16.0 Å². The highest BCUT2D eigenvalue weighted by Gasteiger charge is 2.37. The zero-order valence-electron chi connectivity index (χ0n) is 8.34. The summed E-state index contributed by atoms with van der Waals surface area (Å²) in [6.45, 7) is 0. The van der Waals surface area contributed by atoms with Gasteiger partial charge in [0.05, 0.1) is 0 Å². The van der Waals surface area contributed by atoms with Gasteiger partial charge in [-0.1, -0.05) is 30.3 Å². The molecule has 4 nitrogen and oxygen atoms in total. The van der Waals surface area contributed by atoms with Crippen LogP contribution in [0.2, 0.25) is 0 Å². The molecule has 78 valence electrons. The third-order valence-electron chi connectivity index (χ3n) is 2.39. The van der Waals surface area contributed by atoms with Crippen molar-refractivity contribution >= 4 is 12.0 Å². The molecule has 2 amide bonds. The number of nitrogens with zero attached hydrogens (tertiary/aromatic N) is 1. The van der Waals surface area contributed by atoms with E-state index >= 15 is 0 Å². The molecule has 2 rings (SSSR count). The summed E-state index contributed by atoms with van der Waals surface area (Å²) in [4.78, 5) is 23.6. The first kappa shape index (κ1) is 9.71. The molecule has 1 heterocycles. The van der Waals surface area contributed by atoms with Gasteiger partial charge in [0, 0.05) is 13.5 Å². The maximum atomic E-state index is 11.5. The lowest BCUT2D eigenvalue weighted by Crippen LogP contribution is -2.28. The third kappa shape index (κ3) is 1.83. The van der Waals surface area contributed by atoms with Crippen LogP contribution in [0.5, 0.6) is 0 Å². The smallest absolute Gasteiger partial charge is 0.417 e. The highest BCUT2D eigenvalue weighted by Crippen LogP contribution is 2.15. The van der Waals surface area contributed by atoms with E-state index in [2.05, 4.69) is 0 Å². The summed E-state index contributed by atoms with van der Waals surface area (Å²) in [6, 6.07) is 9.48. The Bertz CT molecular complexity index is 388. The number of carbonyl (C=O) groups excluding carboxylic acids is 2. The molecule has 1 atom stereocenters. The number of benzene rings is 1. The molecule has 0 saturated carbocycles. The minimum atomic E-state index is -0.662. The maximum absolute atomic E-state index is 11.5. The van der Waals surface area contributed by atoms with Crippen LogP contribution in [-0.4, -0.2) is 30.1 Å². The fourth-order valence-electron chi connectivity index (χ4n) is 1.51. The summed E-state index contributed by atoms with van der Waals surface area (Å²) >= 11 is 0. The monoisotopic (exact) mass is 205 g/mol. The Balaban J connectivity index is 2.09. The van der Waals surface area contributed by atoms with Crippen molar-refractivity contribution in [2.24, 2.45) is 0 Å². The minimum absolute atomic E-state index is 0.274. The lowest BCUT2D eigenvalue weighted by Gasteiger charge is -2.05. The number of amides is 2. The van der Waals surface area contributed by atoms with Crippen molar-refractivity contribution in [3.05, 3.63) is 35.9 Å². The molecule has 1 aromatic rings. The fraction of sp³-hybridized carbons (Fsp3) is 0.273. The second-order valence-corrected chi connectivity index (χ2v) is 3.46. The van der Waals surface area contributed by atoms with Gasteiger partial charge in [0.25, 0.3) is 5.91 Å². The van der Waals surface area contributed by atoms with Crippen molar-refractivity contribution in [2.45, 2.75) is 12.5 Å². The zero-order chi connectivity index (χ0) is 10.8. The minimum Gasteiger partial charge on any atom is -0.435 e. The van der Waals surface area contributed by atoms with Crippen LogP contribution in [0.3, 0.4) is 0 Å². The molecule has 0 aliphatic carbocycles. The van der Waals surface area contributed by atoms with Gasteiger partial charge in [0.2, 0.25) is 0 Å². The highest BCUT2D eigenvalue weighted by atomic mass is 16.6. The summed E-state index contributed by atoms with van der Waals surface area (Å²) in [5.74, 6) is -0.274. The standard InChI is InChI=1S/C11H11NO3/c1-12-10(13)9(15-11(12)14)7-8-5-3-2-4-6-8/h2-6,9H,7H2,1H3. The van der Waals surface area contributed by atoms with Gasteiger partial charge in [-0.25, -0.2) is 9.69 Å². The SMILES string of the molecule is CN1C(=O)OC(Cc2ccccc2)C1=O. The molecule has 0 spiro atoms. The topological polar surface area (TPSA) is 46.6 Å². The van der Waals surface area contributed by atoms with Crippen molar-refractivity contribution in [1.82, 2.24) is 4.90 Å². The van der Waals surface area contributed by atoms with Gasteiger partial charge in [-0.3, -0.25) is 4.79 Å². The average Bonchev–Trinajstić information content (AvgIpc) is 2.48. The highest BCUT2D eigenvalue weighted by molar-refractivity contribution is 5.99. The van der Waals surface area contributed by atoms with Gasteiger partial charge in [-0.15, -0.1) is 0 Å². The Kier molecular flexibility index (Phi) is 2.41. The molecule has 1 unspecified atom stereocenters. The number of likely N-dealkylation sites (N-methyl/N-ethyl adjacent to an activating group) is 1. The van der Waals surface area contributed by atoms with Crippen LogP contribution in [0.4, 0.5) is 4.79 Å². The van der Waals surface area contributed by atoms with Crippen LogP contribution in [0.15, 0.2) is 30.3 Å². The van der Waals surface area contributed by atoms with Gasteiger partial charge in [0.1, 0.15) is 0 Å². The molecule has 0 aromatic heterocycles. The number of ether oxygens (including phenoxy) is 1. The molecule has 1 aromatic carbocycles. The van der Waals surface area contributed by atoms with E-state index in [0.29, 0.717) is 6.42 Å². The molecular formula is C11H11NO3. The van der Waals surface area contributed by atoms with Crippen LogP contribution in [0, 0.1) is 0 Å². The second kappa shape index (κ2) is 3.73. The number of cyclic esters (lactones) is 1. The van der Waals surface area contributed by atoms with Gasteiger partial charge in [0.15, 0.2) is 6.10 Å². The Morgan fingerprint density at radius 1 is 1.27 bits per heavy atom. The van der Waals surface area contributed by atoms with Crippen LogP contribution >= 0.6 is 0 Å². The van der Waals surface area contributed by atoms with Crippen LogP contribution in [0.25, 0.3) is 0 Å². The molecule has 15 heavy (non-hydrogen) atoms. The van der Waals surface area contributed by atoms with E-state index in [1.807, 2.05) is 30.3 Å². The van der Waals surface area contributed by atoms with Crippen molar-refractivity contribution < 1.29 is 14.3 Å². The van der Waals surface area contributed by atoms with Crippen molar-refractivity contribution in [3.8, 4) is 0 Å². The lowest BCUT2D eigenvalue weighted by atomic mass is 10.1. The summed E-state index contributed by atoms with van der Waals surface area (Å²) in [7, 11) is 1.43. The molecule has 1 aliphatic heterocycles. The van der Waals surface area contributed by atoms with E-state index in [4.69, 9.17) is 4.74 Å². The van der Waals surface area contributed by atoms with Crippen molar-refractivity contribution in [1.29, 1.82) is 0 Å². The first-order valence-corrected chi connectivity index (χ1v) is 4.70. The van der Waals surface area contributed by atoms with Gasteiger partial charge in [-0.05, 0) is 5.56 Å². The predicted molar refractivity (Wildman–Crippen MR) is 53.2 cm³/mol. The molecule has 1 aliphatic rings. The summed E-state index contributed by atoms with van der Waals surface area (Å²) in [6.07, 6.45) is -0.790. The number of carbonyl (C=O) groups is 2. The van der Waals surface area contributed by atoms with Gasteiger partial charge in [-0.2, -0.15) is 0 Å². The van der Waals surface area contributed by atoms with Crippen molar-refractivity contribution in [2.75, 3.05) is 7.05 Å². The Morgan fingerprint density at radius 3 is 2.47 bits per heavy atom. The molecular weight excluding hydrogens is 194 g/mol. The lowest BCUT2D eigenvalue weighted by molar-refractivity contribution is -0.128. The Hall–Kier alpha value is -1.84. The van der Waals surface area contributed by atoms with Crippen LogP contribution < -0.4 is 0 Å². The number of hydrogen-bond acceptors (Lipinski definition) is 3. The fourth-order valence-corrected chi connectivity index (χ4v) is 1.51. The van der Waals surface area contributed by atoms with E-state index in [1.54, 1.807) is 0 Å². The van der Waals surface area contributed by atoms with E-state index in [9.17, 15) is 9.59 Å². The van der Waals surface area contributed by atoms with Gasteiger partial charge < -0.3 is 4.74 Å².